The fourth-order valence-corrected chi connectivity index (χ4v) is 1.35. The summed E-state index contributed by atoms with van der Waals surface area (Å²) < 4.78 is 18.1. The lowest BCUT2D eigenvalue weighted by Crippen LogP contribution is -2.30. The lowest BCUT2D eigenvalue weighted by atomic mass is 10.2. The van der Waals surface area contributed by atoms with Crippen molar-refractivity contribution in [3.05, 3.63) is 34.1 Å². The summed E-state index contributed by atoms with van der Waals surface area (Å²) in [5.41, 5.74) is 0.00736. The van der Waals surface area contributed by atoms with Gasteiger partial charge in [0.15, 0.2) is 0 Å². The standard InChI is InChI=1S/C11H15FN2O3/c1-7(8(2)17-3)13-10-6-9(12)4-5-11(10)14(15)16/h4-8,13H,1-3H3. The van der Waals surface area contributed by atoms with E-state index >= 15 is 0 Å². The van der Waals surface area contributed by atoms with Crippen LogP contribution in [-0.4, -0.2) is 24.2 Å². The molecule has 1 N–H and O–H groups in total. The Labute approximate surface area is 98.7 Å². The van der Waals surface area contributed by atoms with Crippen molar-refractivity contribution in [3.63, 3.8) is 0 Å². The molecule has 0 heterocycles. The molecule has 0 radical (unpaired) electrons. The molecule has 1 aromatic rings. The van der Waals surface area contributed by atoms with Gasteiger partial charge in [-0.25, -0.2) is 4.39 Å². The van der Waals surface area contributed by atoms with Crippen molar-refractivity contribution < 1.29 is 14.1 Å². The number of benzene rings is 1. The molecule has 17 heavy (non-hydrogen) atoms. The number of ether oxygens (including phenoxy) is 1. The van der Waals surface area contributed by atoms with E-state index in [9.17, 15) is 14.5 Å². The monoisotopic (exact) mass is 242 g/mol. The van der Waals surface area contributed by atoms with Crippen LogP contribution in [0.15, 0.2) is 18.2 Å². The summed E-state index contributed by atoms with van der Waals surface area (Å²) in [6, 6.07) is 3.15. The summed E-state index contributed by atoms with van der Waals surface area (Å²) in [5.74, 6) is -0.518. The fourth-order valence-electron chi connectivity index (χ4n) is 1.35. The van der Waals surface area contributed by atoms with Gasteiger partial charge in [-0.1, -0.05) is 0 Å². The third-order valence-corrected chi connectivity index (χ3v) is 2.61. The van der Waals surface area contributed by atoms with Crippen LogP contribution in [-0.2, 0) is 4.74 Å². The van der Waals surface area contributed by atoms with Gasteiger partial charge in [-0.3, -0.25) is 10.1 Å². The summed E-state index contributed by atoms with van der Waals surface area (Å²) in [6.45, 7) is 3.63. The van der Waals surface area contributed by atoms with Crippen molar-refractivity contribution in [2.45, 2.75) is 26.0 Å². The van der Waals surface area contributed by atoms with E-state index in [1.165, 1.54) is 0 Å². The molecular weight excluding hydrogens is 227 g/mol. The Balaban J connectivity index is 2.96. The molecule has 1 rings (SSSR count). The third kappa shape index (κ3) is 3.39. The van der Waals surface area contributed by atoms with Crippen LogP contribution in [0.2, 0.25) is 0 Å². The zero-order valence-electron chi connectivity index (χ0n) is 9.94. The highest BCUT2D eigenvalue weighted by molar-refractivity contribution is 5.61. The molecule has 0 fully saturated rings. The largest absolute Gasteiger partial charge is 0.380 e. The van der Waals surface area contributed by atoms with E-state index in [-0.39, 0.29) is 23.5 Å². The van der Waals surface area contributed by atoms with E-state index < -0.39 is 10.7 Å². The molecule has 2 unspecified atom stereocenters. The molecule has 94 valence electrons. The van der Waals surface area contributed by atoms with Crippen LogP contribution < -0.4 is 5.32 Å². The quantitative estimate of drug-likeness (QED) is 0.636. The van der Waals surface area contributed by atoms with E-state index in [1.807, 2.05) is 13.8 Å². The molecule has 0 aliphatic carbocycles. The predicted molar refractivity (Wildman–Crippen MR) is 62.6 cm³/mol. The number of nitro groups is 1. The fraction of sp³-hybridized carbons (Fsp3) is 0.455. The Bertz CT molecular complexity index is 412. The number of anilines is 1. The Morgan fingerprint density at radius 3 is 2.65 bits per heavy atom. The number of nitro benzene ring substituents is 1. The average Bonchev–Trinajstić information content (AvgIpc) is 2.27. The van der Waals surface area contributed by atoms with Crippen molar-refractivity contribution in [1.82, 2.24) is 0 Å². The van der Waals surface area contributed by atoms with Crippen molar-refractivity contribution in [2.75, 3.05) is 12.4 Å². The van der Waals surface area contributed by atoms with E-state index in [1.54, 1.807) is 7.11 Å². The van der Waals surface area contributed by atoms with Gasteiger partial charge in [0, 0.05) is 25.3 Å². The first-order valence-electron chi connectivity index (χ1n) is 5.19. The van der Waals surface area contributed by atoms with Gasteiger partial charge in [0.25, 0.3) is 5.69 Å². The first-order valence-corrected chi connectivity index (χ1v) is 5.19. The van der Waals surface area contributed by atoms with Gasteiger partial charge in [-0.15, -0.1) is 0 Å². The molecule has 0 saturated carbocycles. The van der Waals surface area contributed by atoms with Crippen LogP contribution in [0.1, 0.15) is 13.8 Å². The van der Waals surface area contributed by atoms with E-state index in [0.717, 1.165) is 18.2 Å². The molecule has 2 atom stereocenters. The number of halogens is 1. The van der Waals surface area contributed by atoms with Crippen molar-refractivity contribution in [2.24, 2.45) is 0 Å². The maximum Gasteiger partial charge on any atom is 0.292 e. The maximum atomic E-state index is 13.1. The van der Waals surface area contributed by atoms with Crippen LogP contribution in [0.3, 0.4) is 0 Å². The average molecular weight is 242 g/mol. The second-order valence-corrected chi connectivity index (χ2v) is 3.79. The molecule has 0 bridgehead atoms. The van der Waals surface area contributed by atoms with Crippen LogP contribution in [0.4, 0.5) is 15.8 Å². The number of nitrogens with zero attached hydrogens (tertiary/aromatic N) is 1. The molecule has 0 aromatic heterocycles. The SMILES string of the molecule is COC(C)C(C)Nc1cc(F)ccc1[N+](=O)[O-]. The summed E-state index contributed by atoms with van der Waals surface area (Å²) in [4.78, 5) is 10.2. The molecule has 5 nitrogen and oxygen atoms in total. The molecule has 0 amide bonds. The summed E-state index contributed by atoms with van der Waals surface area (Å²) in [7, 11) is 1.54. The number of nitrogens with one attached hydrogen (secondary N) is 1. The van der Waals surface area contributed by atoms with Gasteiger partial charge in [-0.2, -0.15) is 0 Å². The van der Waals surface area contributed by atoms with Gasteiger partial charge in [0.1, 0.15) is 11.5 Å². The predicted octanol–water partition coefficient (Wildman–Crippen LogP) is 2.57. The second kappa shape index (κ2) is 5.58. The Hall–Kier alpha value is -1.69. The summed E-state index contributed by atoms with van der Waals surface area (Å²) >= 11 is 0. The Morgan fingerprint density at radius 2 is 2.12 bits per heavy atom. The van der Waals surface area contributed by atoms with Crippen LogP contribution >= 0.6 is 0 Å². The highest BCUT2D eigenvalue weighted by Crippen LogP contribution is 2.26. The Morgan fingerprint density at radius 1 is 1.47 bits per heavy atom. The smallest absolute Gasteiger partial charge is 0.292 e. The number of rotatable bonds is 5. The number of hydrogen-bond acceptors (Lipinski definition) is 4. The van der Waals surface area contributed by atoms with E-state index in [2.05, 4.69) is 5.32 Å². The van der Waals surface area contributed by atoms with Gasteiger partial charge in [-0.05, 0) is 19.9 Å². The van der Waals surface area contributed by atoms with E-state index in [4.69, 9.17) is 4.74 Å². The first kappa shape index (κ1) is 13.4. The molecule has 0 aliphatic heterocycles. The number of hydrogen-bond donors (Lipinski definition) is 1. The minimum atomic E-state index is -0.550. The summed E-state index contributed by atoms with van der Waals surface area (Å²) in [5, 5.41) is 13.6. The topological polar surface area (TPSA) is 64.4 Å². The first-order chi connectivity index (χ1) is 7.95. The zero-order valence-corrected chi connectivity index (χ0v) is 9.94. The molecule has 6 heteroatoms. The molecular formula is C11H15FN2O3. The van der Waals surface area contributed by atoms with Gasteiger partial charge < -0.3 is 10.1 Å². The zero-order chi connectivity index (χ0) is 13.0. The van der Waals surface area contributed by atoms with Crippen LogP contribution in [0.5, 0.6) is 0 Å². The van der Waals surface area contributed by atoms with Gasteiger partial charge in [0.05, 0.1) is 11.0 Å². The molecule has 0 aliphatic rings. The van der Waals surface area contributed by atoms with Crippen LogP contribution in [0.25, 0.3) is 0 Å². The normalized spacial score (nSPS) is 14.1. The van der Waals surface area contributed by atoms with Crippen molar-refractivity contribution in [3.8, 4) is 0 Å². The molecule has 0 saturated heterocycles. The minimum absolute atomic E-state index is 0.141. The van der Waals surface area contributed by atoms with Gasteiger partial charge in [0.2, 0.25) is 0 Å². The van der Waals surface area contributed by atoms with E-state index in [0.29, 0.717) is 0 Å². The highest BCUT2D eigenvalue weighted by atomic mass is 19.1. The highest BCUT2D eigenvalue weighted by Gasteiger charge is 2.18. The van der Waals surface area contributed by atoms with Crippen molar-refractivity contribution in [1.29, 1.82) is 0 Å². The lowest BCUT2D eigenvalue weighted by Gasteiger charge is -2.20. The van der Waals surface area contributed by atoms with Crippen molar-refractivity contribution >= 4 is 11.4 Å². The number of methoxy groups -OCH3 is 1. The maximum absolute atomic E-state index is 13.1. The molecule has 1 aromatic carbocycles. The van der Waals surface area contributed by atoms with Gasteiger partial charge >= 0.3 is 0 Å². The third-order valence-electron chi connectivity index (χ3n) is 2.61. The second-order valence-electron chi connectivity index (χ2n) is 3.79. The summed E-state index contributed by atoms with van der Waals surface area (Å²) in [6.07, 6.45) is -0.141. The van der Waals surface area contributed by atoms with Crippen LogP contribution in [0, 0.1) is 15.9 Å². The lowest BCUT2D eigenvalue weighted by molar-refractivity contribution is -0.384. The minimum Gasteiger partial charge on any atom is -0.380 e. The molecule has 0 spiro atoms. The Kier molecular flexibility index (Phi) is 4.39.